The Balaban J connectivity index is 1.47. The van der Waals surface area contributed by atoms with Gasteiger partial charge in [0.2, 0.25) is 0 Å². The first-order chi connectivity index (χ1) is 11.3. The van der Waals surface area contributed by atoms with Crippen LogP contribution in [0.2, 0.25) is 0 Å². The van der Waals surface area contributed by atoms with E-state index in [0.29, 0.717) is 25.4 Å². The second kappa shape index (κ2) is 7.55. The Labute approximate surface area is 136 Å². The summed E-state index contributed by atoms with van der Waals surface area (Å²) in [6, 6.07) is 9.79. The molecule has 2 aliphatic heterocycles. The first-order valence-electron chi connectivity index (χ1n) is 7.96. The summed E-state index contributed by atoms with van der Waals surface area (Å²) >= 11 is 0. The van der Waals surface area contributed by atoms with Gasteiger partial charge in [-0.2, -0.15) is 5.26 Å². The van der Waals surface area contributed by atoms with Gasteiger partial charge in [-0.25, -0.2) is 0 Å². The normalized spacial score (nSPS) is 22.6. The van der Waals surface area contributed by atoms with Crippen molar-refractivity contribution < 1.29 is 14.3 Å². The number of rotatable bonds is 3. The van der Waals surface area contributed by atoms with Crippen LogP contribution < -0.4 is 0 Å². The van der Waals surface area contributed by atoms with Crippen molar-refractivity contribution in [2.75, 3.05) is 46.0 Å². The number of carbonyl (C=O) groups excluding carboxylic acids is 1. The molecule has 0 aromatic heterocycles. The van der Waals surface area contributed by atoms with Crippen molar-refractivity contribution in [1.29, 1.82) is 5.26 Å². The zero-order valence-electron chi connectivity index (χ0n) is 13.1. The van der Waals surface area contributed by atoms with E-state index in [1.54, 1.807) is 0 Å². The van der Waals surface area contributed by atoms with E-state index >= 15 is 0 Å². The molecule has 6 nitrogen and oxygen atoms in total. The molecule has 0 radical (unpaired) electrons. The minimum atomic E-state index is -0.436. The van der Waals surface area contributed by atoms with Crippen LogP contribution in [0.4, 0.5) is 0 Å². The minimum Gasteiger partial charge on any atom is -0.376 e. The van der Waals surface area contributed by atoms with Crippen molar-refractivity contribution in [2.45, 2.75) is 12.6 Å². The van der Waals surface area contributed by atoms with Crippen LogP contribution in [-0.4, -0.2) is 67.8 Å². The van der Waals surface area contributed by atoms with Crippen LogP contribution in [0.1, 0.15) is 11.1 Å². The molecule has 6 heteroatoms. The zero-order chi connectivity index (χ0) is 16.1. The highest BCUT2D eigenvalue weighted by atomic mass is 16.6. The number of carbonyl (C=O) groups is 1. The molecule has 2 saturated heterocycles. The van der Waals surface area contributed by atoms with E-state index in [4.69, 9.17) is 14.7 Å². The number of amides is 1. The number of hydrogen-bond acceptors (Lipinski definition) is 5. The Hall–Kier alpha value is -1.94. The van der Waals surface area contributed by atoms with Gasteiger partial charge < -0.3 is 14.4 Å². The first-order valence-corrected chi connectivity index (χ1v) is 7.96. The van der Waals surface area contributed by atoms with Crippen LogP contribution in [0.15, 0.2) is 24.3 Å². The fourth-order valence-corrected chi connectivity index (χ4v) is 2.90. The third-order valence-electron chi connectivity index (χ3n) is 4.26. The summed E-state index contributed by atoms with van der Waals surface area (Å²) in [6.45, 7) is 5.40. The molecule has 0 aliphatic carbocycles. The lowest BCUT2D eigenvalue weighted by Gasteiger charge is -2.37. The van der Waals surface area contributed by atoms with Gasteiger partial charge in [0.25, 0.3) is 5.91 Å². The van der Waals surface area contributed by atoms with E-state index in [1.165, 1.54) is 5.56 Å². The monoisotopic (exact) mass is 315 g/mol. The largest absolute Gasteiger partial charge is 0.376 e. The van der Waals surface area contributed by atoms with E-state index in [-0.39, 0.29) is 5.91 Å². The van der Waals surface area contributed by atoms with Crippen molar-refractivity contribution in [3.05, 3.63) is 35.4 Å². The number of nitrogens with zero attached hydrogens (tertiary/aromatic N) is 3. The summed E-state index contributed by atoms with van der Waals surface area (Å²) in [4.78, 5) is 16.6. The first kappa shape index (κ1) is 15.9. The molecule has 122 valence electrons. The van der Waals surface area contributed by atoms with Gasteiger partial charge in [0.05, 0.1) is 31.5 Å². The van der Waals surface area contributed by atoms with Gasteiger partial charge in [-0.15, -0.1) is 0 Å². The summed E-state index contributed by atoms with van der Waals surface area (Å²) in [6.07, 6.45) is -0.436. The maximum Gasteiger partial charge on any atom is 0.254 e. The van der Waals surface area contributed by atoms with Gasteiger partial charge in [-0.3, -0.25) is 9.69 Å². The van der Waals surface area contributed by atoms with Crippen molar-refractivity contribution in [2.24, 2.45) is 0 Å². The number of benzene rings is 1. The molecule has 1 aromatic rings. The van der Waals surface area contributed by atoms with Gasteiger partial charge in [-0.05, 0) is 17.7 Å². The average Bonchev–Trinajstić information content (AvgIpc) is 2.63. The number of ether oxygens (including phenoxy) is 2. The maximum absolute atomic E-state index is 12.4. The van der Waals surface area contributed by atoms with E-state index in [9.17, 15) is 4.79 Å². The van der Waals surface area contributed by atoms with Crippen LogP contribution in [-0.2, 0) is 20.8 Å². The van der Waals surface area contributed by atoms with Crippen LogP contribution >= 0.6 is 0 Å². The second-order valence-corrected chi connectivity index (χ2v) is 5.84. The second-order valence-electron chi connectivity index (χ2n) is 5.84. The molecule has 1 aromatic carbocycles. The quantitative estimate of drug-likeness (QED) is 0.818. The summed E-state index contributed by atoms with van der Waals surface area (Å²) in [7, 11) is 0. The standard InChI is InChI=1S/C17H21N3O3/c18-11-14-1-3-15(4-2-14)12-19-5-7-20(8-6-19)17(21)16-13-22-9-10-23-16/h1-4,16H,5-10,12-13H2/t16-/m1/s1. The number of piperazine rings is 1. The van der Waals surface area contributed by atoms with Crippen molar-refractivity contribution in [3.8, 4) is 6.07 Å². The molecule has 0 unspecified atom stereocenters. The molecule has 0 saturated carbocycles. The number of hydrogen-bond donors (Lipinski definition) is 0. The van der Waals surface area contributed by atoms with Crippen LogP contribution in [0.5, 0.6) is 0 Å². The van der Waals surface area contributed by atoms with Crippen LogP contribution in [0.25, 0.3) is 0 Å². The highest BCUT2D eigenvalue weighted by Crippen LogP contribution is 2.12. The van der Waals surface area contributed by atoms with Crippen LogP contribution in [0, 0.1) is 11.3 Å². The lowest BCUT2D eigenvalue weighted by atomic mass is 10.1. The molecule has 2 heterocycles. The predicted octanol–water partition coefficient (Wildman–Crippen LogP) is 0.618. The van der Waals surface area contributed by atoms with Crippen molar-refractivity contribution in [1.82, 2.24) is 9.80 Å². The summed E-state index contributed by atoms with van der Waals surface area (Å²) in [5.41, 5.74) is 1.87. The van der Waals surface area contributed by atoms with E-state index in [0.717, 1.165) is 32.7 Å². The molecule has 0 spiro atoms. The van der Waals surface area contributed by atoms with Gasteiger partial charge in [0.15, 0.2) is 6.10 Å². The topological polar surface area (TPSA) is 65.8 Å². The maximum atomic E-state index is 12.4. The molecule has 2 fully saturated rings. The summed E-state index contributed by atoms with van der Waals surface area (Å²) < 4.78 is 10.8. The molecule has 0 bridgehead atoms. The van der Waals surface area contributed by atoms with Gasteiger partial charge >= 0.3 is 0 Å². The Kier molecular flexibility index (Phi) is 5.23. The number of nitriles is 1. The minimum absolute atomic E-state index is 0.0442. The average molecular weight is 315 g/mol. The summed E-state index contributed by atoms with van der Waals surface area (Å²) in [5, 5.41) is 8.82. The third kappa shape index (κ3) is 4.08. The lowest BCUT2D eigenvalue weighted by Crippen LogP contribution is -2.53. The van der Waals surface area contributed by atoms with E-state index < -0.39 is 6.10 Å². The highest BCUT2D eigenvalue weighted by molar-refractivity contribution is 5.81. The molecular weight excluding hydrogens is 294 g/mol. The fourth-order valence-electron chi connectivity index (χ4n) is 2.90. The van der Waals surface area contributed by atoms with Gasteiger partial charge in [0.1, 0.15) is 0 Å². The Morgan fingerprint density at radius 1 is 1.17 bits per heavy atom. The molecule has 0 N–H and O–H groups in total. The molecule has 2 aliphatic rings. The summed E-state index contributed by atoms with van der Waals surface area (Å²) in [5.74, 6) is 0.0442. The fraction of sp³-hybridized carbons (Fsp3) is 0.529. The SMILES string of the molecule is N#Cc1ccc(CN2CCN(C(=O)[C@H]3COCCO3)CC2)cc1. The van der Waals surface area contributed by atoms with E-state index in [2.05, 4.69) is 11.0 Å². The van der Waals surface area contributed by atoms with Gasteiger partial charge in [0, 0.05) is 32.7 Å². The Morgan fingerprint density at radius 2 is 1.91 bits per heavy atom. The lowest BCUT2D eigenvalue weighted by molar-refractivity contribution is -0.159. The molecule has 23 heavy (non-hydrogen) atoms. The highest BCUT2D eigenvalue weighted by Gasteiger charge is 2.29. The third-order valence-corrected chi connectivity index (χ3v) is 4.26. The smallest absolute Gasteiger partial charge is 0.254 e. The zero-order valence-corrected chi connectivity index (χ0v) is 13.1. The molecule has 3 rings (SSSR count). The molecule has 1 atom stereocenters. The van der Waals surface area contributed by atoms with Gasteiger partial charge in [-0.1, -0.05) is 12.1 Å². The van der Waals surface area contributed by atoms with E-state index in [1.807, 2.05) is 29.2 Å². The molecular formula is C17H21N3O3. The Morgan fingerprint density at radius 3 is 2.52 bits per heavy atom. The van der Waals surface area contributed by atoms with Crippen molar-refractivity contribution in [3.63, 3.8) is 0 Å². The Bertz CT molecular complexity index is 568. The molecule has 1 amide bonds. The van der Waals surface area contributed by atoms with Crippen LogP contribution in [0.3, 0.4) is 0 Å². The predicted molar refractivity (Wildman–Crippen MR) is 83.6 cm³/mol. The van der Waals surface area contributed by atoms with Crippen molar-refractivity contribution >= 4 is 5.91 Å².